The summed E-state index contributed by atoms with van der Waals surface area (Å²) in [5.41, 5.74) is 7.47. The zero-order valence-electron chi connectivity index (χ0n) is 11.5. The number of pyridine rings is 1. The lowest BCUT2D eigenvalue weighted by Gasteiger charge is -2.11. The summed E-state index contributed by atoms with van der Waals surface area (Å²) in [5.74, 6) is -0.258. The molecule has 2 aromatic heterocycles. The average Bonchev–Trinajstić information content (AvgIpc) is 2.85. The standard InChI is InChI=1S/C15H15FN4S/c1-10(17)9-11-5-4-6-12(16)14(11)21-15-19-18-13-7-2-3-8-20(13)15/h2-8,10H,9,17H2,1H3. The molecule has 108 valence electrons. The summed E-state index contributed by atoms with van der Waals surface area (Å²) in [4.78, 5) is 0.563. The molecule has 0 radical (unpaired) electrons. The molecule has 2 heterocycles. The highest BCUT2D eigenvalue weighted by atomic mass is 32.2. The van der Waals surface area contributed by atoms with Gasteiger partial charge in [0.05, 0.1) is 4.90 Å². The van der Waals surface area contributed by atoms with Crippen LogP contribution in [0.2, 0.25) is 0 Å². The van der Waals surface area contributed by atoms with Gasteiger partial charge in [0.1, 0.15) is 5.82 Å². The van der Waals surface area contributed by atoms with Crippen LogP contribution in [0.1, 0.15) is 12.5 Å². The highest BCUT2D eigenvalue weighted by Gasteiger charge is 2.15. The van der Waals surface area contributed by atoms with Crippen molar-refractivity contribution in [2.45, 2.75) is 29.4 Å². The SMILES string of the molecule is CC(N)Cc1cccc(F)c1Sc1nnc2ccccn12. The van der Waals surface area contributed by atoms with E-state index in [0.717, 1.165) is 11.2 Å². The van der Waals surface area contributed by atoms with Gasteiger partial charge in [-0.1, -0.05) is 18.2 Å². The maximum atomic E-state index is 14.2. The molecule has 0 fully saturated rings. The lowest BCUT2D eigenvalue weighted by molar-refractivity contribution is 0.592. The summed E-state index contributed by atoms with van der Waals surface area (Å²) in [6.45, 7) is 1.91. The van der Waals surface area contributed by atoms with Crippen LogP contribution in [0.5, 0.6) is 0 Å². The van der Waals surface area contributed by atoms with Crippen molar-refractivity contribution in [1.82, 2.24) is 14.6 Å². The topological polar surface area (TPSA) is 56.2 Å². The molecule has 0 aliphatic rings. The Morgan fingerprint density at radius 2 is 2.10 bits per heavy atom. The average molecular weight is 302 g/mol. The van der Waals surface area contributed by atoms with Crippen LogP contribution in [-0.2, 0) is 6.42 Å². The molecule has 1 aromatic carbocycles. The molecule has 3 aromatic rings. The molecule has 0 amide bonds. The predicted octanol–water partition coefficient (Wildman–Crippen LogP) is 2.91. The molecule has 21 heavy (non-hydrogen) atoms. The summed E-state index contributed by atoms with van der Waals surface area (Å²) in [6, 6.07) is 10.7. The number of nitrogens with two attached hydrogens (primary N) is 1. The lowest BCUT2D eigenvalue weighted by atomic mass is 10.1. The number of hydrogen-bond acceptors (Lipinski definition) is 4. The van der Waals surface area contributed by atoms with Crippen molar-refractivity contribution in [1.29, 1.82) is 0 Å². The first-order chi connectivity index (χ1) is 10.1. The van der Waals surface area contributed by atoms with Crippen molar-refractivity contribution in [3.8, 4) is 0 Å². The van der Waals surface area contributed by atoms with Gasteiger partial charge >= 0.3 is 0 Å². The molecule has 6 heteroatoms. The maximum absolute atomic E-state index is 14.2. The van der Waals surface area contributed by atoms with E-state index in [0.29, 0.717) is 16.5 Å². The largest absolute Gasteiger partial charge is 0.328 e. The minimum absolute atomic E-state index is 0.0266. The third-order valence-corrected chi connectivity index (χ3v) is 4.19. The molecule has 2 N–H and O–H groups in total. The second-order valence-corrected chi connectivity index (χ2v) is 5.90. The first-order valence-electron chi connectivity index (χ1n) is 6.66. The van der Waals surface area contributed by atoms with Gasteiger partial charge in [-0.3, -0.25) is 4.40 Å². The monoisotopic (exact) mass is 302 g/mol. The van der Waals surface area contributed by atoms with Crippen molar-refractivity contribution in [2.24, 2.45) is 5.73 Å². The minimum atomic E-state index is -0.258. The van der Waals surface area contributed by atoms with Crippen LogP contribution in [0.15, 0.2) is 52.6 Å². The fourth-order valence-electron chi connectivity index (χ4n) is 2.16. The number of rotatable bonds is 4. The zero-order valence-corrected chi connectivity index (χ0v) is 12.3. The molecule has 3 rings (SSSR count). The van der Waals surface area contributed by atoms with Gasteiger partial charge in [-0.15, -0.1) is 10.2 Å². The first-order valence-corrected chi connectivity index (χ1v) is 7.47. The molecule has 4 nitrogen and oxygen atoms in total. The second kappa shape index (κ2) is 5.83. The van der Waals surface area contributed by atoms with E-state index in [1.165, 1.54) is 17.8 Å². The molecule has 0 saturated carbocycles. The zero-order chi connectivity index (χ0) is 14.8. The summed E-state index contributed by atoms with van der Waals surface area (Å²) < 4.78 is 16.0. The van der Waals surface area contributed by atoms with E-state index in [4.69, 9.17) is 5.73 Å². The van der Waals surface area contributed by atoms with Crippen LogP contribution in [0.3, 0.4) is 0 Å². The van der Waals surface area contributed by atoms with Crippen LogP contribution in [-0.4, -0.2) is 20.6 Å². The maximum Gasteiger partial charge on any atom is 0.200 e. The van der Waals surface area contributed by atoms with Crippen molar-refractivity contribution in [3.05, 3.63) is 54.0 Å². The molecule has 0 spiro atoms. The van der Waals surface area contributed by atoms with E-state index in [-0.39, 0.29) is 11.9 Å². The minimum Gasteiger partial charge on any atom is -0.328 e. The Bertz CT molecular complexity index is 769. The van der Waals surface area contributed by atoms with Gasteiger partial charge < -0.3 is 5.73 Å². The normalized spacial score (nSPS) is 12.7. The van der Waals surface area contributed by atoms with Crippen LogP contribution >= 0.6 is 11.8 Å². The van der Waals surface area contributed by atoms with Crippen molar-refractivity contribution in [2.75, 3.05) is 0 Å². The summed E-state index contributed by atoms with van der Waals surface area (Å²) >= 11 is 1.28. The van der Waals surface area contributed by atoms with Gasteiger partial charge in [0.15, 0.2) is 5.65 Å². The molecule has 1 atom stereocenters. The smallest absolute Gasteiger partial charge is 0.200 e. The Morgan fingerprint density at radius 3 is 2.90 bits per heavy atom. The number of fused-ring (bicyclic) bond motifs is 1. The van der Waals surface area contributed by atoms with Gasteiger partial charge in [-0.2, -0.15) is 0 Å². The third-order valence-electron chi connectivity index (χ3n) is 3.07. The Hall–Kier alpha value is -1.92. The van der Waals surface area contributed by atoms with E-state index in [1.807, 2.05) is 41.8 Å². The number of aromatic nitrogens is 3. The Balaban J connectivity index is 2.01. The van der Waals surface area contributed by atoms with Crippen molar-refractivity contribution >= 4 is 17.4 Å². The van der Waals surface area contributed by atoms with Gasteiger partial charge in [0.2, 0.25) is 5.16 Å². The quantitative estimate of drug-likeness (QED) is 0.805. The third kappa shape index (κ3) is 2.91. The van der Waals surface area contributed by atoms with Crippen molar-refractivity contribution in [3.63, 3.8) is 0 Å². The second-order valence-electron chi connectivity index (χ2n) is 4.92. The van der Waals surface area contributed by atoms with E-state index in [2.05, 4.69) is 10.2 Å². The fourth-order valence-corrected chi connectivity index (χ4v) is 3.12. The van der Waals surface area contributed by atoms with E-state index < -0.39 is 0 Å². The Labute approximate surface area is 126 Å². The molecule has 1 unspecified atom stereocenters. The molecule has 0 aliphatic carbocycles. The van der Waals surface area contributed by atoms with Gasteiger partial charge in [-0.05, 0) is 48.9 Å². The number of halogens is 1. The molecular formula is C15H15FN4S. The highest BCUT2D eigenvalue weighted by molar-refractivity contribution is 7.99. The van der Waals surface area contributed by atoms with E-state index in [1.54, 1.807) is 6.07 Å². The molecule has 0 aliphatic heterocycles. The van der Waals surface area contributed by atoms with E-state index in [9.17, 15) is 4.39 Å². The van der Waals surface area contributed by atoms with Crippen LogP contribution in [0, 0.1) is 5.82 Å². The predicted molar refractivity (Wildman–Crippen MR) is 80.9 cm³/mol. The van der Waals surface area contributed by atoms with Crippen LogP contribution < -0.4 is 5.73 Å². The Kier molecular flexibility index (Phi) is 3.90. The number of benzene rings is 1. The van der Waals surface area contributed by atoms with Crippen LogP contribution in [0.4, 0.5) is 4.39 Å². The van der Waals surface area contributed by atoms with Crippen LogP contribution in [0.25, 0.3) is 5.65 Å². The fraction of sp³-hybridized carbons (Fsp3) is 0.200. The number of hydrogen-bond donors (Lipinski definition) is 1. The lowest BCUT2D eigenvalue weighted by Crippen LogP contribution is -2.18. The summed E-state index contributed by atoms with van der Waals surface area (Å²) in [6.07, 6.45) is 2.49. The summed E-state index contributed by atoms with van der Waals surface area (Å²) in [5, 5.41) is 8.85. The first kappa shape index (κ1) is 14.0. The van der Waals surface area contributed by atoms with Gasteiger partial charge in [0, 0.05) is 12.2 Å². The van der Waals surface area contributed by atoms with E-state index >= 15 is 0 Å². The molecular weight excluding hydrogens is 287 g/mol. The molecule has 0 bridgehead atoms. The summed E-state index contributed by atoms with van der Waals surface area (Å²) in [7, 11) is 0. The molecule has 0 saturated heterocycles. The Morgan fingerprint density at radius 1 is 1.24 bits per heavy atom. The van der Waals surface area contributed by atoms with Gasteiger partial charge in [0.25, 0.3) is 0 Å². The van der Waals surface area contributed by atoms with Gasteiger partial charge in [-0.25, -0.2) is 4.39 Å². The van der Waals surface area contributed by atoms with Crippen molar-refractivity contribution < 1.29 is 4.39 Å². The number of nitrogens with zero attached hydrogens (tertiary/aromatic N) is 3. The highest BCUT2D eigenvalue weighted by Crippen LogP contribution is 2.32.